The Morgan fingerprint density at radius 3 is 2.52 bits per heavy atom. The Morgan fingerprint density at radius 2 is 1.85 bits per heavy atom. The highest BCUT2D eigenvalue weighted by Crippen LogP contribution is 2.42. The summed E-state index contributed by atoms with van der Waals surface area (Å²) in [5, 5.41) is 0. The van der Waals surface area contributed by atoms with Crippen molar-refractivity contribution in [1.29, 1.82) is 0 Å². The van der Waals surface area contributed by atoms with Gasteiger partial charge in [-0.05, 0) is 50.5 Å². The van der Waals surface area contributed by atoms with Crippen molar-refractivity contribution in [1.82, 2.24) is 4.98 Å². The van der Waals surface area contributed by atoms with Gasteiger partial charge >= 0.3 is 0 Å². The summed E-state index contributed by atoms with van der Waals surface area (Å²) in [4.78, 5) is 4.39. The molecule has 1 aliphatic heterocycles. The van der Waals surface area contributed by atoms with Crippen LogP contribution in [-0.2, 0) is 24.4 Å². The molecule has 0 radical (unpaired) electrons. The van der Waals surface area contributed by atoms with Crippen molar-refractivity contribution in [2.24, 2.45) is 0 Å². The summed E-state index contributed by atoms with van der Waals surface area (Å²) in [7, 11) is -6.99. The average Bonchev–Trinajstić information content (AvgIpc) is 2.61. The molecule has 146 valence electrons. The van der Waals surface area contributed by atoms with Crippen LogP contribution in [0.2, 0.25) is 0 Å². The van der Waals surface area contributed by atoms with E-state index in [1.807, 2.05) is 13.0 Å². The Kier molecular flexibility index (Phi) is 5.18. The number of hydrogen-bond donors (Lipinski definition) is 0. The largest absolute Gasteiger partial charge is 0.373 e. The van der Waals surface area contributed by atoms with Gasteiger partial charge in [0.05, 0.1) is 20.6 Å². The van der Waals surface area contributed by atoms with E-state index in [9.17, 15) is 16.8 Å². The third kappa shape index (κ3) is 3.93. The van der Waals surface area contributed by atoms with Gasteiger partial charge in [0.2, 0.25) is 0 Å². The van der Waals surface area contributed by atoms with Gasteiger partial charge in [-0.3, -0.25) is 4.98 Å². The molecule has 2 atom stereocenters. The molecule has 2 heterocycles. The monoisotopic (exact) mass is 409 g/mol. The van der Waals surface area contributed by atoms with Crippen LogP contribution in [0.25, 0.3) is 0 Å². The first-order valence-corrected chi connectivity index (χ1v) is 12.0. The molecule has 2 aromatic rings. The maximum absolute atomic E-state index is 13.3. The fraction of sp³-hybridized carbons (Fsp3) is 0.421. The standard InChI is InChI=1S/C19H23NO5S2/c1-14-5-4-6-16(9-14)27(23,24)19(2)7-8-25-18(11-19)15-10-17(13-20-12-15)26(3,21)22/h4-6,9-10,12-13,18H,7-8,11H2,1-3H3/t18-,19+/m1/s1. The lowest BCUT2D eigenvalue weighted by atomic mass is 9.93. The molecular weight excluding hydrogens is 386 g/mol. The highest BCUT2D eigenvalue weighted by atomic mass is 32.2. The number of rotatable bonds is 4. The zero-order valence-corrected chi connectivity index (χ0v) is 17.2. The molecule has 0 bridgehead atoms. The van der Waals surface area contributed by atoms with Crippen LogP contribution in [0.4, 0.5) is 0 Å². The highest BCUT2D eigenvalue weighted by Gasteiger charge is 2.45. The van der Waals surface area contributed by atoms with E-state index in [0.717, 1.165) is 11.8 Å². The summed E-state index contributed by atoms with van der Waals surface area (Å²) in [6, 6.07) is 8.40. The van der Waals surface area contributed by atoms with Crippen molar-refractivity contribution in [2.45, 2.75) is 47.3 Å². The van der Waals surface area contributed by atoms with Crippen molar-refractivity contribution >= 4 is 19.7 Å². The van der Waals surface area contributed by atoms with Gasteiger partial charge in [0.25, 0.3) is 0 Å². The topological polar surface area (TPSA) is 90.4 Å². The molecule has 0 unspecified atom stereocenters. The molecule has 0 amide bonds. The van der Waals surface area contributed by atoms with Gasteiger partial charge in [0.1, 0.15) is 0 Å². The molecule has 3 rings (SSSR count). The second kappa shape index (κ2) is 7.00. The van der Waals surface area contributed by atoms with Gasteiger partial charge in [0, 0.05) is 30.8 Å². The van der Waals surface area contributed by atoms with Crippen molar-refractivity contribution < 1.29 is 21.6 Å². The van der Waals surface area contributed by atoms with Crippen LogP contribution in [-0.4, -0.2) is 39.4 Å². The van der Waals surface area contributed by atoms with Crippen LogP contribution in [0.15, 0.2) is 52.5 Å². The number of pyridine rings is 1. The van der Waals surface area contributed by atoms with E-state index in [-0.39, 0.29) is 17.9 Å². The minimum Gasteiger partial charge on any atom is -0.373 e. The zero-order chi connectivity index (χ0) is 19.9. The number of sulfone groups is 2. The third-order valence-corrected chi connectivity index (χ3v) is 8.67. The Morgan fingerprint density at radius 1 is 1.11 bits per heavy atom. The number of hydrogen-bond acceptors (Lipinski definition) is 6. The van der Waals surface area contributed by atoms with Gasteiger partial charge < -0.3 is 4.74 Å². The van der Waals surface area contributed by atoms with E-state index in [0.29, 0.717) is 16.9 Å². The molecule has 1 aromatic heterocycles. The Hall–Kier alpha value is -1.77. The average molecular weight is 410 g/mol. The summed E-state index contributed by atoms with van der Waals surface area (Å²) in [5.41, 5.74) is 1.46. The van der Waals surface area contributed by atoms with Gasteiger partial charge in [-0.15, -0.1) is 0 Å². The van der Waals surface area contributed by atoms with E-state index in [2.05, 4.69) is 4.98 Å². The number of benzene rings is 1. The number of aromatic nitrogens is 1. The summed E-state index contributed by atoms with van der Waals surface area (Å²) in [6.07, 6.45) is 4.01. The van der Waals surface area contributed by atoms with Gasteiger partial charge in [-0.1, -0.05) is 12.1 Å². The summed E-state index contributed by atoms with van der Waals surface area (Å²) in [5.74, 6) is 0. The van der Waals surface area contributed by atoms with Crippen LogP contribution in [0.5, 0.6) is 0 Å². The molecule has 6 nitrogen and oxygen atoms in total. The molecule has 0 spiro atoms. The lowest BCUT2D eigenvalue weighted by molar-refractivity contribution is -0.00000301. The predicted octanol–water partition coefficient (Wildman–Crippen LogP) is 2.88. The molecule has 1 aliphatic rings. The normalized spacial score (nSPS) is 23.9. The van der Waals surface area contributed by atoms with Crippen molar-refractivity contribution in [2.75, 3.05) is 12.9 Å². The van der Waals surface area contributed by atoms with E-state index in [4.69, 9.17) is 4.74 Å². The minimum atomic E-state index is -3.58. The van der Waals surface area contributed by atoms with E-state index >= 15 is 0 Å². The first kappa shape index (κ1) is 20.0. The van der Waals surface area contributed by atoms with Crippen LogP contribution in [0.1, 0.15) is 37.0 Å². The molecule has 1 saturated heterocycles. The molecule has 0 saturated carbocycles. The van der Waals surface area contributed by atoms with Crippen molar-refractivity contribution in [3.63, 3.8) is 0 Å². The number of aryl methyl sites for hydroxylation is 1. The predicted molar refractivity (Wildman–Crippen MR) is 102 cm³/mol. The van der Waals surface area contributed by atoms with E-state index < -0.39 is 30.5 Å². The second-order valence-electron chi connectivity index (χ2n) is 7.31. The van der Waals surface area contributed by atoms with E-state index in [1.165, 1.54) is 18.5 Å². The molecular formula is C19H23NO5S2. The Balaban J connectivity index is 1.96. The van der Waals surface area contributed by atoms with Gasteiger partial charge in [0.15, 0.2) is 19.7 Å². The highest BCUT2D eigenvalue weighted by molar-refractivity contribution is 7.92. The third-order valence-electron chi connectivity index (χ3n) is 5.05. The Bertz CT molecular complexity index is 1060. The fourth-order valence-electron chi connectivity index (χ4n) is 3.31. The first-order chi connectivity index (χ1) is 12.5. The molecule has 0 N–H and O–H groups in total. The van der Waals surface area contributed by atoms with Crippen LogP contribution >= 0.6 is 0 Å². The molecule has 8 heteroatoms. The number of nitrogens with zero attached hydrogens (tertiary/aromatic N) is 1. The lowest BCUT2D eigenvalue weighted by Gasteiger charge is -2.37. The minimum absolute atomic E-state index is 0.0948. The molecule has 0 aliphatic carbocycles. The molecule has 1 aromatic carbocycles. The van der Waals surface area contributed by atoms with Crippen LogP contribution in [0.3, 0.4) is 0 Å². The lowest BCUT2D eigenvalue weighted by Crippen LogP contribution is -2.42. The van der Waals surface area contributed by atoms with Crippen molar-refractivity contribution in [3.8, 4) is 0 Å². The summed E-state index contributed by atoms with van der Waals surface area (Å²) in [6.45, 7) is 3.86. The Labute approximate surface area is 160 Å². The molecule has 1 fully saturated rings. The second-order valence-corrected chi connectivity index (χ2v) is 11.8. The maximum Gasteiger partial charge on any atom is 0.184 e. The molecule has 27 heavy (non-hydrogen) atoms. The summed E-state index contributed by atoms with van der Waals surface area (Å²) < 4.78 is 55.0. The number of ether oxygens (including phenoxy) is 1. The van der Waals surface area contributed by atoms with Gasteiger partial charge in [-0.25, -0.2) is 16.8 Å². The zero-order valence-electron chi connectivity index (χ0n) is 15.5. The van der Waals surface area contributed by atoms with Gasteiger partial charge in [-0.2, -0.15) is 0 Å². The van der Waals surface area contributed by atoms with Crippen LogP contribution < -0.4 is 0 Å². The first-order valence-electron chi connectivity index (χ1n) is 8.61. The fourth-order valence-corrected chi connectivity index (χ4v) is 5.80. The van der Waals surface area contributed by atoms with Crippen LogP contribution in [0, 0.1) is 6.92 Å². The van der Waals surface area contributed by atoms with E-state index in [1.54, 1.807) is 25.1 Å². The quantitative estimate of drug-likeness (QED) is 0.771. The maximum atomic E-state index is 13.3. The van der Waals surface area contributed by atoms with Crippen molar-refractivity contribution in [3.05, 3.63) is 53.9 Å². The SMILES string of the molecule is Cc1cccc(S(=O)(=O)[C@@]2(C)CCO[C@@H](c3cncc(S(C)(=O)=O)c3)C2)c1. The smallest absolute Gasteiger partial charge is 0.184 e. The summed E-state index contributed by atoms with van der Waals surface area (Å²) >= 11 is 0.